The van der Waals surface area contributed by atoms with Crippen LogP contribution in [0.15, 0.2) is 0 Å². The number of hydrogen-bond acceptors (Lipinski definition) is 1. The van der Waals surface area contributed by atoms with Crippen LogP contribution in [0.3, 0.4) is 0 Å². The Morgan fingerprint density at radius 3 is 1.58 bits per heavy atom. The molecule has 100 valence electrons. The summed E-state index contributed by atoms with van der Waals surface area (Å²) in [6, 6.07) is 0. The molecule has 0 atom stereocenters. The predicted octanol–water partition coefficient (Wildman–Crippen LogP) is 3.87. The largest absolute Gasteiger partial charge is 0.392 e. The lowest BCUT2D eigenvalue weighted by Crippen LogP contribution is -1.98. The van der Waals surface area contributed by atoms with Gasteiger partial charge in [-0.05, 0) is 74.9 Å². The van der Waals surface area contributed by atoms with Gasteiger partial charge in [-0.1, -0.05) is 0 Å². The van der Waals surface area contributed by atoms with E-state index in [2.05, 4.69) is 45.9 Å². The average molecular weight is 255 g/mol. The lowest BCUT2D eigenvalue weighted by Gasteiger charge is -2.12. The quantitative estimate of drug-likeness (QED) is 0.701. The number of pyridine rings is 1. The lowest BCUT2D eigenvalue weighted by atomic mass is 9.98. The topological polar surface area (TPSA) is 24.6 Å². The minimum absolute atomic E-state index is 0.116. The van der Waals surface area contributed by atoms with Crippen molar-refractivity contribution >= 4 is 16.6 Å². The zero-order valence-electron chi connectivity index (χ0n) is 12.6. The molecule has 0 aliphatic rings. The number of rotatable bonds is 1. The maximum atomic E-state index is 9.75. The van der Waals surface area contributed by atoms with Gasteiger partial charge in [0.05, 0.1) is 23.2 Å². The predicted molar refractivity (Wildman–Crippen MR) is 80.4 cm³/mol. The molecule has 0 radical (unpaired) electrons. The minimum atomic E-state index is 0.116. The van der Waals surface area contributed by atoms with Crippen LogP contribution in [0.5, 0.6) is 0 Å². The number of aliphatic hydroxyl groups excluding tert-OH is 1. The highest BCUT2D eigenvalue weighted by Crippen LogP contribution is 2.39. The second-order valence-corrected chi connectivity index (χ2v) is 5.77. The van der Waals surface area contributed by atoms with Gasteiger partial charge in [0, 0.05) is 5.56 Å². The van der Waals surface area contributed by atoms with E-state index in [0.29, 0.717) is 0 Å². The second kappa shape index (κ2) is 3.73. The first-order chi connectivity index (χ1) is 8.91. The first kappa shape index (κ1) is 12.5. The SMILES string of the molecule is Cc1c(C)c2c(C)c(C)c3c(C)c(CO)c(c1C)n23. The second-order valence-electron chi connectivity index (χ2n) is 5.77. The van der Waals surface area contributed by atoms with Crippen molar-refractivity contribution in [1.82, 2.24) is 4.40 Å². The Kier molecular flexibility index (Phi) is 2.45. The third-order valence-corrected chi connectivity index (χ3v) is 5.03. The van der Waals surface area contributed by atoms with Crippen molar-refractivity contribution in [2.45, 2.75) is 48.1 Å². The Labute approximate surface area is 114 Å². The van der Waals surface area contributed by atoms with Crippen LogP contribution in [0.4, 0.5) is 0 Å². The molecule has 3 aromatic rings. The Balaban J connectivity index is 2.77. The van der Waals surface area contributed by atoms with Crippen LogP contribution >= 0.6 is 0 Å². The Morgan fingerprint density at radius 2 is 1.05 bits per heavy atom. The van der Waals surface area contributed by atoms with Crippen LogP contribution in [0, 0.1) is 41.5 Å². The van der Waals surface area contributed by atoms with Gasteiger partial charge in [0.2, 0.25) is 0 Å². The number of nitrogens with zero attached hydrogens (tertiary/aromatic N) is 1. The molecule has 0 unspecified atom stereocenters. The third-order valence-electron chi connectivity index (χ3n) is 5.03. The fourth-order valence-corrected chi connectivity index (χ4v) is 3.60. The first-order valence-electron chi connectivity index (χ1n) is 6.84. The molecule has 0 fully saturated rings. The highest BCUT2D eigenvalue weighted by atomic mass is 16.3. The van der Waals surface area contributed by atoms with Gasteiger partial charge in [0.25, 0.3) is 0 Å². The zero-order valence-corrected chi connectivity index (χ0v) is 12.6. The summed E-state index contributed by atoms with van der Waals surface area (Å²) in [7, 11) is 0. The Hall–Kier alpha value is -1.54. The molecule has 3 aromatic heterocycles. The van der Waals surface area contributed by atoms with E-state index in [-0.39, 0.29) is 6.61 Å². The molecule has 3 heterocycles. The van der Waals surface area contributed by atoms with E-state index in [1.807, 2.05) is 0 Å². The highest BCUT2D eigenvalue weighted by molar-refractivity contribution is 5.90. The van der Waals surface area contributed by atoms with E-state index in [1.165, 1.54) is 49.9 Å². The molecule has 0 saturated carbocycles. The molecule has 0 aliphatic carbocycles. The van der Waals surface area contributed by atoms with Gasteiger partial charge in [-0.3, -0.25) is 0 Å². The van der Waals surface area contributed by atoms with Crippen molar-refractivity contribution in [3.8, 4) is 0 Å². The molecule has 3 rings (SSSR count). The Bertz CT molecular complexity index is 808. The molecule has 0 bridgehead atoms. The van der Waals surface area contributed by atoms with E-state index in [4.69, 9.17) is 0 Å². The fourth-order valence-electron chi connectivity index (χ4n) is 3.60. The molecule has 0 saturated heterocycles. The summed E-state index contributed by atoms with van der Waals surface area (Å²) in [4.78, 5) is 0. The maximum Gasteiger partial charge on any atom is 0.0705 e. The molecule has 19 heavy (non-hydrogen) atoms. The standard InChI is InChI=1S/C17H21NO/c1-8-9(2)15-11(4)12(5)16-13(6)14(7-19)17(10(8)3)18(15)16/h19H,7H2,1-6H3. The van der Waals surface area contributed by atoms with E-state index < -0.39 is 0 Å². The van der Waals surface area contributed by atoms with Crippen LogP contribution in [0.1, 0.15) is 38.9 Å². The molecule has 0 aromatic carbocycles. The fraction of sp³-hybridized carbons (Fsp3) is 0.412. The monoisotopic (exact) mass is 255 g/mol. The van der Waals surface area contributed by atoms with Gasteiger partial charge in [-0.25, -0.2) is 0 Å². The first-order valence-corrected chi connectivity index (χ1v) is 6.84. The van der Waals surface area contributed by atoms with E-state index >= 15 is 0 Å². The molecule has 2 heteroatoms. The van der Waals surface area contributed by atoms with Crippen LogP contribution in [-0.2, 0) is 6.61 Å². The van der Waals surface area contributed by atoms with E-state index in [0.717, 1.165) is 5.56 Å². The molecular formula is C17H21NO. The summed E-state index contributed by atoms with van der Waals surface area (Å²) in [5, 5.41) is 9.75. The van der Waals surface area contributed by atoms with Crippen LogP contribution < -0.4 is 0 Å². The number of hydrogen-bond donors (Lipinski definition) is 1. The molecule has 1 N–H and O–H groups in total. The number of aliphatic hydroxyl groups is 1. The van der Waals surface area contributed by atoms with Gasteiger partial charge in [0.1, 0.15) is 0 Å². The van der Waals surface area contributed by atoms with Crippen LogP contribution in [0.25, 0.3) is 16.6 Å². The highest BCUT2D eigenvalue weighted by Gasteiger charge is 2.23. The molecular weight excluding hydrogens is 234 g/mol. The summed E-state index contributed by atoms with van der Waals surface area (Å²) >= 11 is 0. The van der Waals surface area contributed by atoms with Crippen LogP contribution in [-0.4, -0.2) is 9.51 Å². The smallest absolute Gasteiger partial charge is 0.0705 e. The molecule has 0 spiro atoms. The van der Waals surface area contributed by atoms with Crippen molar-refractivity contribution in [1.29, 1.82) is 0 Å². The molecule has 0 amide bonds. The van der Waals surface area contributed by atoms with Gasteiger partial charge in [-0.15, -0.1) is 0 Å². The van der Waals surface area contributed by atoms with Crippen molar-refractivity contribution in [2.24, 2.45) is 0 Å². The summed E-state index contributed by atoms with van der Waals surface area (Å²) < 4.78 is 2.36. The molecule has 2 nitrogen and oxygen atoms in total. The average Bonchev–Trinajstić information content (AvgIpc) is 2.81. The van der Waals surface area contributed by atoms with Crippen LogP contribution in [0.2, 0.25) is 0 Å². The summed E-state index contributed by atoms with van der Waals surface area (Å²) in [5.41, 5.74) is 12.9. The van der Waals surface area contributed by atoms with E-state index in [9.17, 15) is 5.11 Å². The lowest BCUT2D eigenvalue weighted by molar-refractivity contribution is 0.282. The summed E-state index contributed by atoms with van der Waals surface area (Å²) in [5.74, 6) is 0. The van der Waals surface area contributed by atoms with E-state index in [1.54, 1.807) is 0 Å². The van der Waals surface area contributed by atoms with Gasteiger partial charge < -0.3 is 9.51 Å². The summed E-state index contributed by atoms with van der Waals surface area (Å²) in [6.07, 6.45) is 0. The number of aromatic nitrogens is 1. The zero-order chi connectivity index (χ0) is 14.1. The normalized spacial score (nSPS) is 12.2. The minimum Gasteiger partial charge on any atom is -0.392 e. The summed E-state index contributed by atoms with van der Waals surface area (Å²) in [6.45, 7) is 13.2. The van der Waals surface area contributed by atoms with Crippen molar-refractivity contribution in [3.05, 3.63) is 38.9 Å². The van der Waals surface area contributed by atoms with Crippen molar-refractivity contribution in [3.63, 3.8) is 0 Å². The number of aryl methyl sites for hydroxylation is 5. The maximum absolute atomic E-state index is 9.75. The van der Waals surface area contributed by atoms with Crippen molar-refractivity contribution < 1.29 is 5.11 Å². The molecule has 0 aliphatic heterocycles. The Morgan fingerprint density at radius 1 is 0.632 bits per heavy atom. The third kappa shape index (κ3) is 1.25. The van der Waals surface area contributed by atoms with Gasteiger partial charge in [0.15, 0.2) is 0 Å². The van der Waals surface area contributed by atoms with Crippen molar-refractivity contribution in [2.75, 3.05) is 0 Å². The van der Waals surface area contributed by atoms with Gasteiger partial charge >= 0.3 is 0 Å². The van der Waals surface area contributed by atoms with Gasteiger partial charge in [-0.2, -0.15) is 0 Å².